The largest absolute Gasteiger partial charge is 0.459 e. The number of esters is 4. The molecule has 1 rings (SSSR count). The van der Waals surface area contributed by atoms with E-state index in [9.17, 15) is 19.2 Å². The Morgan fingerprint density at radius 2 is 1.77 bits per heavy atom. The van der Waals surface area contributed by atoms with Gasteiger partial charge in [-0.05, 0) is 19.1 Å². The summed E-state index contributed by atoms with van der Waals surface area (Å²) in [5.74, 6) is -2.04. The lowest BCUT2D eigenvalue weighted by molar-refractivity contribution is -0.167. The average molecular weight is 368 g/mol. The Bertz CT molecular complexity index is 592. The van der Waals surface area contributed by atoms with Crippen molar-refractivity contribution in [3.8, 4) is 0 Å². The van der Waals surface area contributed by atoms with Crippen molar-refractivity contribution in [2.24, 2.45) is 0 Å². The summed E-state index contributed by atoms with van der Waals surface area (Å²) in [4.78, 5) is 45.1. The van der Waals surface area contributed by atoms with Crippen molar-refractivity contribution >= 4 is 23.9 Å². The highest BCUT2D eigenvalue weighted by atomic mass is 16.6. The minimum absolute atomic E-state index is 0.0839. The summed E-state index contributed by atoms with van der Waals surface area (Å²) in [6.45, 7) is 5.31. The fourth-order valence-corrected chi connectivity index (χ4v) is 2.40. The standard InChI is InChI=1S/C18H24O8/c1-11(23-12(2)19)17(25-14(4)21)10-16(24-13(3)20)9-8-15-6-5-7-18(22)26-15/h5,7-9,11,15-17H,6,10H2,1-4H3/b9-8-/t11-,15+,16-,17-/m0/s1. The molecule has 0 aromatic rings. The molecule has 8 nitrogen and oxygen atoms in total. The first kappa shape index (κ1) is 21.4. The summed E-state index contributed by atoms with van der Waals surface area (Å²) in [5, 5.41) is 0. The second-order valence-electron chi connectivity index (χ2n) is 5.84. The van der Waals surface area contributed by atoms with E-state index in [1.165, 1.54) is 26.8 Å². The number of hydrogen-bond acceptors (Lipinski definition) is 8. The van der Waals surface area contributed by atoms with E-state index in [2.05, 4.69) is 0 Å². The number of cyclic esters (lactones) is 1. The molecule has 0 spiro atoms. The van der Waals surface area contributed by atoms with E-state index in [-0.39, 0.29) is 6.42 Å². The van der Waals surface area contributed by atoms with Crippen LogP contribution in [0, 0.1) is 0 Å². The minimum Gasteiger partial charge on any atom is -0.459 e. The summed E-state index contributed by atoms with van der Waals surface area (Å²) in [7, 11) is 0. The van der Waals surface area contributed by atoms with E-state index in [0.717, 1.165) is 0 Å². The molecule has 0 aliphatic carbocycles. The predicted molar refractivity (Wildman–Crippen MR) is 89.7 cm³/mol. The van der Waals surface area contributed by atoms with Crippen LogP contribution in [0.2, 0.25) is 0 Å². The van der Waals surface area contributed by atoms with Crippen LogP contribution in [-0.2, 0) is 38.1 Å². The SMILES string of the molecule is CC(=O)O[C@@H](C)[C@H](C[C@H](/C=C\[C@H]1CC=CC(=O)O1)OC(C)=O)OC(C)=O. The molecule has 0 aromatic carbocycles. The molecule has 0 saturated carbocycles. The molecule has 0 saturated heterocycles. The molecule has 26 heavy (non-hydrogen) atoms. The average Bonchev–Trinajstić information content (AvgIpc) is 2.50. The molecule has 0 radical (unpaired) electrons. The molecular formula is C18H24O8. The van der Waals surface area contributed by atoms with Crippen LogP contribution in [0.5, 0.6) is 0 Å². The Labute approximate surface area is 152 Å². The minimum atomic E-state index is -0.806. The van der Waals surface area contributed by atoms with Gasteiger partial charge in [0.05, 0.1) is 0 Å². The van der Waals surface area contributed by atoms with Crippen LogP contribution in [0.25, 0.3) is 0 Å². The highest BCUT2D eigenvalue weighted by Gasteiger charge is 2.27. The van der Waals surface area contributed by atoms with E-state index in [1.807, 2.05) is 0 Å². The van der Waals surface area contributed by atoms with Gasteiger partial charge in [-0.15, -0.1) is 0 Å². The van der Waals surface area contributed by atoms with Gasteiger partial charge in [-0.25, -0.2) is 4.79 Å². The Balaban J connectivity index is 2.84. The zero-order valence-corrected chi connectivity index (χ0v) is 15.3. The number of rotatable bonds is 8. The van der Waals surface area contributed by atoms with Crippen molar-refractivity contribution in [2.45, 2.75) is 65.0 Å². The van der Waals surface area contributed by atoms with Crippen molar-refractivity contribution in [1.29, 1.82) is 0 Å². The molecule has 0 N–H and O–H groups in total. The van der Waals surface area contributed by atoms with Crippen molar-refractivity contribution in [3.05, 3.63) is 24.3 Å². The number of hydrogen-bond donors (Lipinski definition) is 0. The summed E-state index contributed by atoms with van der Waals surface area (Å²) in [5.41, 5.74) is 0. The zero-order valence-electron chi connectivity index (χ0n) is 15.3. The van der Waals surface area contributed by atoms with Gasteiger partial charge in [0.2, 0.25) is 0 Å². The normalized spacial score (nSPS) is 20.0. The third kappa shape index (κ3) is 8.46. The molecule has 1 heterocycles. The Morgan fingerprint density at radius 3 is 2.31 bits per heavy atom. The lowest BCUT2D eigenvalue weighted by atomic mass is 10.1. The molecule has 0 amide bonds. The van der Waals surface area contributed by atoms with Crippen LogP contribution in [0.15, 0.2) is 24.3 Å². The van der Waals surface area contributed by atoms with Gasteiger partial charge in [0.15, 0.2) is 0 Å². The van der Waals surface area contributed by atoms with Crippen molar-refractivity contribution in [2.75, 3.05) is 0 Å². The van der Waals surface area contributed by atoms with Gasteiger partial charge in [-0.3, -0.25) is 14.4 Å². The smallest absolute Gasteiger partial charge is 0.331 e. The topological polar surface area (TPSA) is 105 Å². The van der Waals surface area contributed by atoms with Gasteiger partial charge in [0, 0.05) is 39.7 Å². The van der Waals surface area contributed by atoms with Gasteiger partial charge in [-0.1, -0.05) is 6.08 Å². The summed E-state index contributed by atoms with van der Waals surface area (Å²) < 4.78 is 20.6. The van der Waals surface area contributed by atoms with Gasteiger partial charge in [-0.2, -0.15) is 0 Å². The summed E-state index contributed by atoms with van der Waals surface area (Å²) in [6.07, 6.45) is 4.04. The summed E-state index contributed by atoms with van der Waals surface area (Å²) in [6, 6.07) is 0. The van der Waals surface area contributed by atoms with Gasteiger partial charge in [0.1, 0.15) is 24.4 Å². The fraction of sp³-hybridized carbons (Fsp3) is 0.556. The molecule has 0 fully saturated rings. The summed E-state index contributed by atoms with van der Waals surface area (Å²) >= 11 is 0. The van der Waals surface area contributed by atoms with E-state index in [4.69, 9.17) is 18.9 Å². The van der Waals surface area contributed by atoms with Crippen molar-refractivity contribution in [3.63, 3.8) is 0 Å². The molecule has 0 unspecified atom stereocenters. The maximum absolute atomic E-state index is 11.4. The zero-order chi connectivity index (χ0) is 19.7. The fourth-order valence-electron chi connectivity index (χ4n) is 2.40. The molecule has 1 aliphatic rings. The first-order valence-electron chi connectivity index (χ1n) is 8.24. The first-order valence-corrected chi connectivity index (χ1v) is 8.24. The Morgan fingerprint density at radius 1 is 1.15 bits per heavy atom. The molecule has 0 aromatic heterocycles. The number of ether oxygens (including phenoxy) is 4. The van der Waals surface area contributed by atoms with Crippen molar-refractivity contribution in [1.82, 2.24) is 0 Å². The lowest BCUT2D eigenvalue weighted by Gasteiger charge is -2.26. The van der Waals surface area contributed by atoms with Gasteiger partial charge < -0.3 is 18.9 Å². The van der Waals surface area contributed by atoms with Gasteiger partial charge in [0.25, 0.3) is 0 Å². The quantitative estimate of drug-likeness (QED) is 0.361. The van der Waals surface area contributed by atoms with Crippen LogP contribution in [0.3, 0.4) is 0 Å². The maximum Gasteiger partial charge on any atom is 0.331 e. The van der Waals surface area contributed by atoms with Crippen LogP contribution >= 0.6 is 0 Å². The first-order chi connectivity index (χ1) is 12.2. The highest BCUT2D eigenvalue weighted by molar-refractivity contribution is 5.82. The van der Waals surface area contributed by atoms with Crippen LogP contribution in [0.1, 0.15) is 40.5 Å². The van der Waals surface area contributed by atoms with E-state index >= 15 is 0 Å². The molecule has 144 valence electrons. The maximum atomic E-state index is 11.4. The van der Waals surface area contributed by atoms with Crippen LogP contribution in [0.4, 0.5) is 0 Å². The second-order valence-corrected chi connectivity index (χ2v) is 5.84. The molecule has 1 aliphatic heterocycles. The second kappa shape index (κ2) is 10.4. The molecule has 0 bridgehead atoms. The van der Waals surface area contributed by atoms with Crippen molar-refractivity contribution < 1.29 is 38.1 Å². The van der Waals surface area contributed by atoms with Crippen LogP contribution < -0.4 is 0 Å². The van der Waals surface area contributed by atoms with Crippen LogP contribution in [-0.4, -0.2) is 48.3 Å². The predicted octanol–water partition coefficient (Wildman–Crippen LogP) is 1.62. The number of carbonyl (C=O) groups is 4. The monoisotopic (exact) mass is 368 g/mol. The van der Waals surface area contributed by atoms with Gasteiger partial charge >= 0.3 is 23.9 Å². The molecular weight excluding hydrogens is 344 g/mol. The van der Waals surface area contributed by atoms with E-state index in [0.29, 0.717) is 6.42 Å². The number of carbonyl (C=O) groups excluding carboxylic acids is 4. The molecule has 4 atom stereocenters. The third-order valence-electron chi connectivity index (χ3n) is 3.40. The lowest BCUT2D eigenvalue weighted by Crippen LogP contribution is -2.36. The Hall–Kier alpha value is -2.64. The Kier molecular flexibility index (Phi) is 8.54. The third-order valence-corrected chi connectivity index (χ3v) is 3.40. The van der Waals surface area contributed by atoms with E-state index < -0.39 is 48.3 Å². The van der Waals surface area contributed by atoms with E-state index in [1.54, 1.807) is 25.2 Å². The molecule has 8 heteroatoms. The highest BCUT2D eigenvalue weighted by Crippen LogP contribution is 2.17.